The maximum absolute atomic E-state index is 12.4. The van der Waals surface area contributed by atoms with Crippen molar-refractivity contribution < 1.29 is 27.6 Å². The van der Waals surface area contributed by atoms with Gasteiger partial charge in [-0.2, -0.15) is 13.2 Å². The zero-order chi connectivity index (χ0) is 19.0. The number of hydrogen-bond donors (Lipinski definition) is 2. The Balaban J connectivity index is 2.45. The lowest BCUT2D eigenvalue weighted by molar-refractivity contribution is -0.137. The molecule has 1 rings (SSSR count). The molecule has 0 atom stereocenters. The Morgan fingerprint density at radius 3 is 2.00 bits per heavy atom. The van der Waals surface area contributed by atoms with E-state index in [1.54, 1.807) is 4.90 Å². The average Bonchev–Trinajstić information content (AvgIpc) is 2.58. The normalized spacial score (nSPS) is 10.9. The van der Waals surface area contributed by atoms with Crippen LogP contribution in [0.2, 0.25) is 0 Å². The number of hydrazine groups is 1. The van der Waals surface area contributed by atoms with E-state index in [0.29, 0.717) is 13.1 Å². The minimum Gasteiger partial charge on any atom is -0.343 e. The number of amides is 3. The van der Waals surface area contributed by atoms with Crippen molar-refractivity contribution in [1.82, 2.24) is 15.8 Å². The van der Waals surface area contributed by atoms with Gasteiger partial charge < -0.3 is 4.90 Å². The number of nitrogens with zero attached hydrogens (tertiary/aromatic N) is 1. The first-order valence-electron chi connectivity index (χ1n) is 7.73. The van der Waals surface area contributed by atoms with Gasteiger partial charge in [-0.05, 0) is 38.1 Å². The molecule has 0 saturated heterocycles. The number of hydrogen-bond acceptors (Lipinski definition) is 3. The molecule has 1 aromatic carbocycles. The van der Waals surface area contributed by atoms with Gasteiger partial charge in [-0.1, -0.05) is 0 Å². The van der Waals surface area contributed by atoms with Crippen molar-refractivity contribution in [2.75, 3.05) is 13.1 Å². The minimum atomic E-state index is -4.49. The second-order valence-electron chi connectivity index (χ2n) is 5.14. The molecule has 9 heteroatoms. The average molecular weight is 359 g/mol. The van der Waals surface area contributed by atoms with E-state index in [1.807, 2.05) is 13.8 Å². The molecule has 0 saturated carbocycles. The summed E-state index contributed by atoms with van der Waals surface area (Å²) in [6.45, 7) is 4.74. The van der Waals surface area contributed by atoms with Crippen LogP contribution in [0.15, 0.2) is 24.3 Å². The zero-order valence-electron chi connectivity index (χ0n) is 13.9. The number of carbonyl (C=O) groups excluding carboxylic acids is 3. The van der Waals surface area contributed by atoms with E-state index in [2.05, 4.69) is 10.9 Å². The van der Waals surface area contributed by atoms with Gasteiger partial charge >= 0.3 is 6.18 Å². The lowest BCUT2D eigenvalue weighted by Crippen LogP contribution is -2.42. The Morgan fingerprint density at radius 1 is 0.960 bits per heavy atom. The SMILES string of the molecule is CCN(CC)C(=O)CCC(=O)NNC(=O)c1ccc(C(F)(F)F)cc1. The van der Waals surface area contributed by atoms with Gasteiger partial charge in [0.25, 0.3) is 5.91 Å². The number of rotatable bonds is 6. The van der Waals surface area contributed by atoms with Crippen LogP contribution in [0.4, 0.5) is 13.2 Å². The molecule has 0 aliphatic rings. The predicted molar refractivity (Wildman–Crippen MR) is 84.2 cm³/mol. The first-order chi connectivity index (χ1) is 11.7. The van der Waals surface area contributed by atoms with E-state index in [1.165, 1.54) is 0 Å². The molecule has 3 amide bonds. The van der Waals surface area contributed by atoms with E-state index in [9.17, 15) is 27.6 Å². The molecule has 6 nitrogen and oxygen atoms in total. The largest absolute Gasteiger partial charge is 0.416 e. The van der Waals surface area contributed by atoms with Gasteiger partial charge in [0, 0.05) is 31.5 Å². The molecule has 2 N–H and O–H groups in total. The minimum absolute atomic E-state index is 0.00363. The molecule has 1 aromatic rings. The molecule has 0 fully saturated rings. The van der Waals surface area contributed by atoms with E-state index in [-0.39, 0.29) is 24.3 Å². The Hall–Kier alpha value is -2.58. The number of halogens is 3. The smallest absolute Gasteiger partial charge is 0.343 e. The van der Waals surface area contributed by atoms with E-state index < -0.39 is 23.6 Å². The molecular formula is C16H20F3N3O3. The first-order valence-corrected chi connectivity index (χ1v) is 7.73. The Kier molecular flexibility index (Phi) is 7.41. The molecule has 0 heterocycles. The summed E-state index contributed by atoms with van der Waals surface area (Å²) in [6.07, 6.45) is -4.59. The molecule has 0 spiro atoms. The Labute approximate surface area is 143 Å². The van der Waals surface area contributed by atoms with E-state index in [0.717, 1.165) is 24.3 Å². The number of carbonyl (C=O) groups is 3. The van der Waals surface area contributed by atoms with Crippen molar-refractivity contribution >= 4 is 17.7 Å². The fourth-order valence-electron chi connectivity index (χ4n) is 2.03. The van der Waals surface area contributed by atoms with Crippen molar-refractivity contribution in [3.8, 4) is 0 Å². The summed E-state index contributed by atoms with van der Waals surface area (Å²) in [5.41, 5.74) is 3.31. The van der Waals surface area contributed by atoms with Gasteiger partial charge in [0.1, 0.15) is 0 Å². The van der Waals surface area contributed by atoms with Crippen LogP contribution in [0.1, 0.15) is 42.6 Å². The van der Waals surface area contributed by atoms with Crippen molar-refractivity contribution in [2.45, 2.75) is 32.9 Å². The fraction of sp³-hybridized carbons (Fsp3) is 0.438. The number of nitrogens with one attached hydrogen (secondary N) is 2. The molecule has 0 unspecified atom stereocenters. The van der Waals surface area contributed by atoms with Crippen LogP contribution in [0.3, 0.4) is 0 Å². The molecule has 0 aliphatic heterocycles. The summed E-state index contributed by atoms with van der Waals surface area (Å²) in [4.78, 5) is 36.7. The Morgan fingerprint density at radius 2 is 1.52 bits per heavy atom. The monoisotopic (exact) mass is 359 g/mol. The highest BCUT2D eigenvalue weighted by atomic mass is 19.4. The summed E-state index contributed by atoms with van der Waals surface area (Å²) in [5.74, 6) is -1.49. The fourth-order valence-corrected chi connectivity index (χ4v) is 2.03. The second kappa shape index (κ2) is 9.05. The van der Waals surface area contributed by atoms with Gasteiger partial charge in [0.2, 0.25) is 11.8 Å². The summed E-state index contributed by atoms with van der Waals surface area (Å²) in [5, 5.41) is 0. The van der Waals surface area contributed by atoms with Gasteiger partial charge in [-0.25, -0.2) is 0 Å². The molecule has 0 aliphatic carbocycles. The molecular weight excluding hydrogens is 339 g/mol. The summed E-state index contributed by atoms with van der Waals surface area (Å²) in [6, 6.07) is 3.57. The highest BCUT2D eigenvalue weighted by Crippen LogP contribution is 2.28. The third kappa shape index (κ3) is 6.44. The van der Waals surface area contributed by atoms with Gasteiger partial charge in [0.15, 0.2) is 0 Å². The number of alkyl halides is 3. The summed E-state index contributed by atoms with van der Waals surface area (Å²) in [7, 11) is 0. The van der Waals surface area contributed by atoms with Gasteiger partial charge in [-0.3, -0.25) is 25.2 Å². The van der Waals surface area contributed by atoms with Crippen molar-refractivity contribution in [1.29, 1.82) is 0 Å². The lowest BCUT2D eigenvalue weighted by atomic mass is 10.1. The van der Waals surface area contributed by atoms with Crippen LogP contribution in [0, 0.1) is 0 Å². The quantitative estimate of drug-likeness (QED) is 0.764. The van der Waals surface area contributed by atoms with Gasteiger partial charge in [-0.15, -0.1) is 0 Å². The third-order valence-corrected chi connectivity index (χ3v) is 3.47. The topological polar surface area (TPSA) is 78.5 Å². The zero-order valence-corrected chi connectivity index (χ0v) is 13.9. The molecule has 0 aromatic heterocycles. The van der Waals surface area contributed by atoms with Crippen LogP contribution < -0.4 is 10.9 Å². The van der Waals surface area contributed by atoms with Crippen molar-refractivity contribution in [3.63, 3.8) is 0 Å². The van der Waals surface area contributed by atoms with Crippen LogP contribution in [0.5, 0.6) is 0 Å². The molecule has 0 radical (unpaired) electrons. The van der Waals surface area contributed by atoms with E-state index in [4.69, 9.17) is 0 Å². The standard InChI is InChI=1S/C16H20F3N3O3/c1-3-22(4-2)14(24)10-9-13(23)20-21-15(25)11-5-7-12(8-6-11)16(17,18)19/h5-8H,3-4,9-10H2,1-2H3,(H,20,23)(H,21,25). The number of benzene rings is 1. The van der Waals surface area contributed by atoms with Crippen LogP contribution >= 0.6 is 0 Å². The maximum Gasteiger partial charge on any atom is 0.416 e. The third-order valence-electron chi connectivity index (χ3n) is 3.47. The lowest BCUT2D eigenvalue weighted by Gasteiger charge is -2.18. The Bertz CT molecular complexity index is 611. The first kappa shape index (κ1) is 20.5. The molecule has 25 heavy (non-hydrogen) atoms. The van der Waals surface area contributed by atoms with Crippen molar-refractivity contribution in [2.24, 2.45) is 0 Å². The van der Waals surface area contributed by atoms with Gasteiger partial charge in [0.05, 0.1) is 5.56 Å². The highest BCUT2D eigenvalue weighted by Gasteiger charge is 2.30. The molecule has 0 bridgehead atoms. The predicted octanol–water partition coefficient (Wildman–Crippen LogP) is 2.12. The van der Waals surface area contributed by atoms with Crippen LogP contribution in [0.25, 0.3) is 0 Å². The van der Waals surface area contributed by atoms with Crippen molar-refractivity contribution in [3.05, 3.63) is 35.4 Å². The van der Waals surface area contributed by atoms with Crippen LogP contribution in [-0.2, 0) is 15.8 Å². The maximum atomic E-state index is 12.4. The summed E-state index contributed by atoms with van der Waals surface area (Å²) >= 11 is 0. The van der Waals surface area contributed by atoms with E-state index >= 15 is 0 Å². The van der Waals surface area contributed by atoms with Crippen LogP contribution in [-0.4, -0.2) is 35.7 Å². The summed E-state index contributed by atoms with van der Waals surface area (Å²) < 4.78 is 37.3. The highest BCUT2D eigenvalue weighted by molar-refractivity contribution is 5.95. The second-order valence-corrected chi connectivity index (χ2v) is 5.14. The molecule has 138 valence electrons.